The van der Waals surface area contributed by atoms with Gasteiger partial charge in [-0.3, -0.25) is 4.72 Å². The van der Waals surface area contributed by atoms with E-state index >= 15 is 0 Å². The molecular formula is C13H14BrN3O4S2. The zero-order valence-electron chi connectivity index (χ0n) is 11.9. The van der Waals surface area contributed by atoms with Crippen molar-refractivity contribution >= 4 is 47.4 Å². The van der Waals surface area contributed by atoms with Crippen molar-refractivity contribution in [1.29, 1.82) is 0 Å². The predicted octanol–water partition coefficient (Wildman–Crippen LogP) is 2.13. The average molecular weight is 420 g/mol. The Kier molecular flexibility index (Phi) is 5.30. The fourth-order valence-corrected chi connectivity index (χ4v) is 3.33. The summed E-state index contributed by atoms with van der Waals surface area (Å²) in [5.74, 6) is 0. The van der Waals surface area contributed by atoms with Crippen LogP contribution in [0.15, 0.2) is 57.9 Å². The SMILES string of the molecule is CS(=O)(=O)Nc1ccc(S(=O)(=O)NNc2ccc(Br)cc2)cc1. The van der Waals surface area contributed by atoms with E-state index in [1.54, 1.807) is 24.3 Å². The molecule has 0 aliphatic rings. The van der Waals surface area contributed by atoms with Crippen molar-refractivity contribution in [3.63, 3.8) is 0 Å². The van der Waals surface area contributed by atoms with Gasteiger partial charge >= 0.3 is 0 Å². The monoisotopic (exact) mass is 419 g/mol. The van der Waals surface area contributed by atoms with Gasteiger partial charge in [0.15, 0.2) is 0 Å². The summed E-state index contributed by atoms with van der Waals surface area (Å²) >= 11 is 3.29. The number of hydrazine groups is 1. The van der Waals surface area contributed by atoms with Gasteiger partial charge in [0.25, 0.3) is 10.0 Å². The van der Waals surface area contributed by atoms with E-state index in [1.165, 1.54) is 24.3 Å². The summed E-state index contributed by atoms with van der Waals surface area (Å²) < 4.78 is 49.7. The number of rotatable bonds is 6. The molecule has 0 radical (unpaired) electrons. The number of hydrogen-bond acceptors (Lipinski definition) is 5. The topological polar surface area (TPSA) is 104 Å². The van der Waals surface area contributed by atoms with Gasteiger partial charge in [0.05, 0.1) is 11.2 Å². The van der Waals surface area contributed by atoms with Crippen LogP contribution < -0.4 is 15.0 Å². The first-order chi connectivity index (χ1) is 10.7. The van der Waals surface area contributed by atoms with Gasteiger partial charge in [-0.2, -0.15) is 0 Å². The molecular weight excluding hydrogens is 406 g/mol. The molecule has 0 bridgehead atoms. The van der Waals surface area contributed by atoms with Crippen LogP contribution in [0.5, 0.6) is 0 Å². The number of nitrogens with one attached hydrogen (secondary N) is 3. The highest BCUT2D eigenvalue weighted by molar-refractivity contribution is 9.10. The molecule has 2 rings (SSSR count). The molecule has 0 aliphatic heterocycles. The van der Waals surface area contributed by atoms with Gasteiger partial charge in [0.1, 0.15) is 0 Å². The summed E-state index contributed by atoms with van der Waals surface area (Å²) in [5.41, 5.74) is 3.45. The number of anilines is 2. The summed E-state index contributed by atoms with van der Waals surface area (Å²) in [7, 11) is -7.19. The van der Waals surface area contributed by atoms with Crippen molar-refractivity contribution in [2.24, 2.45) is 0 Å². The first kappa shape index (κ1) is 17.7. The van der Waals surface area contributed by atoms with Crippen molar-refractivity contribution in [2.75, 3.05) is 16.4 Å². The summed E-state index contributed by atoms with van der Waals surface area (Å²) in [4.78, 5) is 2.25. The zero-order chi connectivity index (χ0) is 17.1. The van der Waals surface area contributed by atoms with Gasteiger partial charge in [0.2, 0.25) is 10.0 Å². The number of sulfonamides is 2. The van der Waals surface area contributed by atoms with E-state index in [1.807, 2.05) is 0 Å². The van der Waals surface area contributed by atoms with Crippen LogP contribution in [-0.4, -0.2) is 23.1 Å². The first-order valence-corrected chi connectivity index (χ1v) is 10.4. The van der Waals surface area contributed by atoms with Crippen molar-refractivity contribution in [3.8, 4) is 0 Å². The lowest BCUT2D eigenvalue weighted by molar-refractivity contribution is 0.587. The molecule has 7 nitrogen and oxygen atoms in total. The molecule has 0 unspecified atom stereocenters. The van der Waals surface area contributed by atoms with Gasteiger partial charge in [-0.15, -0.1) is 4.83 Å². The quantitative estimate of drug-likeness (QED) is 0.622. The van der Waals surface area contributed by atoms with Crippen LogP contribution in [0, 0.1) is 0 Å². The molecule has 0 saturated heterocycles. The van der Waals surface area contributed by atoms with E-state index in [4.69, 9.17) is 0 Å². The third kappa shape index (κ3) is 5.50. The summed E-state index contributed by atoms with van der Waals surface area (Å²) in [5, 5.41) is 0. The minimum atomic E-state index is -3.78. The largest absolute Gasteiger partial charge is 0.308 e. The summed E-state index contributed by atoms with van der Waals surface area (Å²) in [6.07, 6.45) is 1.02. The van der Waals surface area contributed by atoms with Gasteiger partial charge in [-0.05, 0) is 48.5 Å². The number of benzene rings is 2. The van der Waals surface area contributed by atoms with Crippen LogP contribution in [0.2, 0.25) is 0 Å². The Morgan fingerprint density at radius 1 is 0.826 bits per heavy atom. The van der Waals surface area contributed by atoms with E-state index in [-0.39, 0.29) is 10.6 Å². The Bertz CT molecular complexity index is 880. The van der Waals surface area contributed by atoms with Crippen LogP contribution in [0.4, 0.5) is 11.4 Å². The van der Waals surface area contributed by atoms with Crippen LogP contribution in [0.3, 0.4) is 0 Å². The van der Waals surface area contributed by atoms with Gasteiger partial charge in [-0.25, -0.2) is 16.8 Å². The predicted molar refractivity (Wildman–Crippen MR) is 93.0 cm³/mol. The molecule has 10 heteroatoms. The minimum absolute atomic E-state index is 0.00108. The zero-order valence-corrected chi connectivity index (χ0v) is 15.2. The molecule has 2 aromatic carbocycles. The average Bonchev–Trinajstić information content (AvgIpc) is 2.46. The van der Waals surface area contributed by atoms with Gasteiger partial charge in [0, 0.05) is 15.8 Å². The van der Waals surface area contributed by atoms with Crippen molar-refractivity contribution < 1.29 is 16.8 Å². The van der Waals surface area contributed by atoms with E-state index in [9.17, 15) is 16.8 Å². The second-order valence-electron chi connectivity index (χ2n) is 4.64. The van der Waals surface area contributed by atoms with Crippen molar-refractivity contribution in [1.82, 2.24) is 4.83 Å². The molecule has 0 aliphatic carbocycles. The Labute approximate surface area is 143 Å². The van der Waals surface area contributed by atoms with Crippen LogP contribution in [0.1, 0.15) is 0 Å². The third-order valence-corrected chi connectivity index (χ3v) is 5.04. The van der Waals surface area contributed by atoms with Crippen LogP contribution >= 0.6 is 15.9 Å². The Balaban J connectivity index is 2.08. The molecule has 0 heterocycles. The molecule has 23 heavy (non-hydrogen) atoms. The molecule has 0 aromatic heterocycles. The maximum Gasteiger partial charge on any atom is 0.257 e. The standard InChI is InChI=1S/C13H14BrN3O4S2/c1-22(18,19)16-12-6-8-13(9-7-12)23(20,21)17-15-11-4-2-10(14)3-5-11/h2-9,15-17H,1H3. The van der Waals surface area contributed by atoms with Crippen molar-refractivity contribution in [2.45, 2.75) is 4.90 Å². The second kappa shape index (κ2) is 6.87. The molecule has 0 amide bonds. The van der Waals surface area contributed by atoms with Gasteiger partial charge < -0.3 is 5.43 Å². The molecule has 2 aromatic rings. The molecule has 124 valence electrons. The molecule has 0 fully saturated rings. The summed E-state index contributed by atoms with van der Waals surface area (Å²) in [6, 6.07) is 12.3. The van der Waals surface area contributed by atoms with Crippen LogP contribution in [-0.2, 0) is 20.0 Å². The van der Waals surface area contributed by atoms with E-state index < -0.39 is 20.0 Å². The summed E-state index contributed by atoms with van der Waals surface area (Å²) in [6.45, 7) is 0. The highest BCUT2D eigenvalue weighted by Crippen LogP contribution is 2.16. The molecule has 0 atom stereocenters. The lowest BCUT2D eigenvalue weighted by Gasteiger charge is -2.10. The Morgan fingerprint density at radius 3 is 1.87 bits per heavy atom. The maximum atomic E-state index is 12.1. The van der Waals surface area contributed by atoms with E-state index in [0.29, 0.717) is 5.69 Å². The highest BCUT2D eigenvalue weighted by atomic mass is 79.9. The minimum Gasteiger partial charge on any atom is -0.308 e. The fraction of sp³-hybridized carbons (Fsp3) is 0.0769. The Hall–Kier alpha value is -1.62. The lowest BCUT2D eigenvalue weighted by atomic mass is 10.3. The fourth-order valence-electron chi connectivity index (χ4n) is 1.63. The lowest BCUT2D eigenvalue weighted by Crippen LogP contribution is -2.29. The first-order valence-electron chi connectivity index (χ1n) is 6.27. The van der Waals surface area contributed by atoms with Gasteiger partial charge in [-0.1, -0.05) is 15.9 Å². The van der Waals surface area contributed by atoms with E-state index in [0.717, 1.165) is 10.7 Å². The molecule has 0 spiro atoms. The smallest absolute Gasteiger partial charge is 0.257 e. The third-order valence-electron chi connectivity index (χ3n) is 2.64. The number of hydrogen-bond donors (Lipinski definition) is 3. The molecule has 0 saturated carbocycles. The highest BCUT2D eigenvalue weighted by Gasteiger charge is 2.14. The Morgan fingerprint density at radius 2 is 1.35 bits per heavy atom. The molecule has 3 N–H and O–H groups in total. The second-order valence-corrected chi connectivity index (χ2v) is 8.98. The van der Waals surface area contributed by atoms with Crippen LogP contribution in [0.25, 0.3) is 0 Å². The maximum absolute atomic E-state index is 12.1. The normalized spacial score (nSPS) is 11.9. The van der Waals surface area contributed by atoms with Crippen molar-refractivity contribution in [3.05, 3.63) is 53.0 Å². The number of halogens is 1. The van der Waals surface area contributed by atoms with E-state index in [2.05, 4.69) is 30.9 Å².